The molecule has 0 unspecified atom stereocenters. The minimum absolute atomic E-state index is 0.0216. The minimum Gasteiger partial charge on any atom is -0.310 e. The third kappa shape index (κ3) is 6.28. The van der Waals surface area contributed by atoms with Crippen LogP contribution in [-0.2, 0) is 16.2 Å². The van der Waals surface area contributed by atoms with Crippen molar-refractivity contribution < 1.29 is 0 Å². The van der Waals surface area contributed by atoms with Crippen molar-refractivity contribution >= 4 is 114 Å². The fraction of sp³-hybridized carbons (Fsp3) is 0.167. The number of hydrogen-bond donors (Lipinski definition) is 0. The molecule has 14 rings (SSSR count). The van der Waals surface area contributed by atoms with E-state index in [1.165, 1.54) is 142 Å². The zero-order valence-corrected chi connectivity index (χ0v) is 43.4. The zero-order valence-electron chi connectivity index (χ0n) is 43.4. The maximum atomic E-state index is 2.49. The van der Waals surface area contributed by atoms with E-state index in [-0.39, 0.29) is 16.2 Å². The lowest BCUT2D eigenvalue weighted by Crippen LogP contribution is -2.14. The van der Waals surface area contributed by atoms with Crippen LogP contribution in [-0.4, -0.2) is 0 Å². The van der Waals surface area contributed by atoms with E-state index in [2.05, 4.69) is 261 Å². The van der Waals surface area contributed by atoms with E-state index >= 15 is 0 Å². The van der Waals surface area contributed by atoms with Crippen molar-refractivity contribution in [1.82, 2.24) is 0 Å². The Morgan fingerprint density at radius 1 is 0.247 bits per heavy atom. The fourth-order valence-corrected chi connectivity index (χ4v) is 13.1. The summed E-state index contributed by atoms with van der Waals surface area (Å²) in [4.78, 5) is 2.49. The molecule has 0 radical (unpaired) electrons. The number of nitrogens with zero attached hydrogens (tertiary/aromatic N) is 1. The molecule has 0 spiro atoms. The van der Waals surface area contributed by atoms with Gasteiger partial charge in [0, 0.05) is 16.8 Å². The van der Waals surface area contributed by atoms with E-state index in [1.807, 2.05) is 0 Å². The largest absolute Gasteiger partial charge is 0.310 e. The molecule has 0 aliphatic heterocycles. The second-order valence-electron chi connectivity index (χ2n) is 24.0. The van der Waals surface area contributed by atoms with Crippen LogP contribution in [0.3, 0.4) is 0 Å². The van der Waals surface area contributed by atoms with E-state index in [0.717, 1.165) is 11.4 Å². The van der Waals surface area contributed by atoms with Crippen LogP contribution in [0, 0.1) is 0 Å². The van der Waals surface area contributed by atoms with Crippen LogP contribution < -0.4 is 4.90 Å². The highest BCUT2D eigenvalue weighted by Gasteiger charge is 2.31. The molecule has 352 valence electrons. The van der Waals surface area contributed by atoms with E-state index in [0.29, 0.717) is 0 Å². The van der Waals surface area contributed by atoms with Crippen molar-refractivity contribution in [2.24, 2.45) is 0 Å². The Morgan fingerprint density at radius 2 is 0.603 bits per heavy atom. The van der Waals surface area contributed by atoms with Crippen LogP contribution in [0.15, 0.2) is 194 Å². The first-order chi connectivity index (χ1) is 35.2. The maximum absolute atomic E-state index is 2.49. The predicted octanol–water partition coefficient (Wildman–Crippen LogP) is 21.1. The first kappa shape index (κ1) is 43.8. The summed E-state index contributed by atoms with van der Waals surface area (Å²) in [7, 11) is 0. The third-order valence-corrected chi connectivity index (χ3v) is 16.5. The molecule has 0 heterocycles. The second kappa shape index (κ2) is 15.3. The first-order valence-electron chi connectivity index (χ1n) is 26.3. The highest BCUT2D eigenvalue weighted by Crippen LogP contribution is 2.58. The molecule has 0 aliphatic carbocycles. The maximum Gasteiger partial charge on any atom is 0.0540 e. The SMILES string of the molecule is CC(C)(C)c1ccc(N(c2ccc(C(C)(C)C)cc2)c2ccc3c4c(-c5ccccc5)c5c6ccc7c8ccc(C(C)(C)C)c9cccc(c%10ccc(c5c(-c5ccccc5)c4c4cccc2c43)c6c%107)c98)cc1. The topological polar surface area (TPSA) is 3.24 Å². The lowest BCUT2D eigenvalue weighted by atomic mass is 9.80. The number of rotatable bonds is 5. The molecular formula is C72H59N. The average molecular weight is 938 g/mol. The second-order valence-corrected chi connectivity index (χ2v) is 24.0. The number of hydrogen-bond acceptors (Lipinski definition) is 1. The molecule has 0 fully saturated rings. The van der Waals surface area contributed by atoms with Crippen LogP contribution in [0.25, 0.3) is 119 Å². The van der Waals surface area contributed by atoms with Gasteiger partial charge in [-0.15, -0.1) is 0 Å². The van der Waals surface area contributed by atoms with Crippen LogP contribution in [0.2, 0.25) is 0 Å². The first-order valence-corrected chi connectivity index (χ1v) is 26.3. The monoisotopic (exact) mass is 937 g/mol. The molecule has 1 nitrogen and oxygen atoms in total. The van der Waals surface area contributed by atoms with Gasteiger partial charge in [-0.1, -0.05) is 226 Å². The van der Waals surface area contributed by atoms with Crippen LogP contribution >= 0.6 is 0 Å². The van der Waals surface area contributed by atoms with E-state index < -0.39 is 0 Å². The lowest BCUT2D eigenvalue weighted by Gasteiger charge is -2.29. The molecular weight excluding hydrogens is 879 g/mol. The van der Waals surface area contributed by atoms with Gasteiger partial charge in [0.2, 0.25) is 0 Å². The summed E-state index contributed by atoms with van der Waals surface area (Å²) >= 11 is 0. The van der Waals surface area contributed by atoms with Gasteiger partial charge in [0.25, 0.3) is 0 Å². The van der Waals surface area contributed by atoms with Gasteiger partial charge in [-0.2, -0.15) is 0 Å². The third-order valence-electron chi connectivity index (χ3n) is 16.5. The Kier molecular flexibility index (Phi) is 9.15. The molecule has 0 aromatic heterocycles. The summed E-state index contributed by atoms with van der Waals surface area (Å²) in [5, 5.41) is 23.9. The molecule has 0 bridgehead atoms. The Balaban J connectivity index is 1.14. The standard InChI is InChI=1S/C72H59N/c1-70(2,3)44-26-30-46(31-27-44)73(47-32-28-45(29-33-47)71(4,5)6)59-41-39-55-63-53(59)24-17-25-54(63)66-60(42-18-12-10-13-19-42)68-56-36-34-50-48-22-16-23-52-58(72(7,8)9)40-38-49(62(48)52)51-35-37-57(65(56)64(50)51)69(68)61(67(55)66)43-20-14-11-15-21-43/h10-41H,1-9H3. The van der Waals surface area contributed by atoms with Gasteiger partial charge in [0.05, 0.1) is 5.69 Å². The molecule has 1 heteroatoms. The van der Waals surface area contributed by atoms with E-state index in [4.69, 9.17) is 0 Å². The van der Waals surface area contributed by atoms with Gasteiger partial charge in [0.15, 0.2) is 0 Å². The van der Waals surface area contributed by atoms with E-state index in [9.17, 15) is 0 Å². The minimum atomic E-state index is 0.0216. The number of benzene rings is 12. The number of anilines is 3. The molecule has 0 atom stereocenters. The molecule has 0 amide bonds. The molecule has 0 saturated carbocycles. The predicted molar refractivity (Wildman–Crippen MR) is 319 cm³/mol. The average Bonchev–Trinajstić information content (AvgIpc) is 3.91. The van der Waals surface area contributed by atoms with Crippen molar-refractivity contribution in [2.45, 2.75) is 78.6 Å². The van der Waals surface area contributed by atoms with Crippen molar-refractivity contribution in [3.63, 3.8) is 0 Å². The Labute approximate surface area is 428 Å². The highest BCUT2D eigenvalue weighted by molar-refractivity contribution is 6.49. The van der Waals surface area contributed by atoms with Gasteiger partial charge in [-0.25, -0.2) is 0 Å². The van der Waals surface area contributed by atoms with Crippen LogP contribution in [0.1, 0.15) is 79.0 Å². The van der Waals surface area contributed by atoms with Crippen molar-refractivity contribution in [2.75, 3.05) is 4.90 Å². The molecule has 0 saturated heterocycles. The summed E-state index contributed by atoms with van der Waals surface area (Å²) < 4.78 is 0. The van der Waals surface area contributed by atoms with E-state index in [1.54, 1.807) is 0 Å². The summed E-state index contributed by atoms with van der Waals surface area (Å²) in [5.74, 6) is 0. The zero-order chi connectivity index (χ0) is 49.9. The summed E-state index contributed by atoms with van der Waals surface area (Å²) in [5.41, 5.74) is 12.7. The van der Waals surface area contributed by atoms with Crippen molar-refractivity contribution in [3.05, 3.63) is 211 Å². The lowest BCUT2D eigenvalue weighted by molar-refractivity contribution is 0.590. The summed E-state index contributed by atoms with van der Waals surface area (Å²) in [6.45, 7) is 20.8. The normalized spacial score (nSPS) is 13.0. The van der Waals surface area contributed by atoms with Crippen LogP contribution in [0.5, 0.6) is 0 Å². The summed E-state index contributed by atoms with van der Waals surface area (Å²) in [6.07, 6.45) is 0. The summed E-state index contributed by atoms with van der Waals surface area (Å²) in [6, 6.07) is 74.6. The van der Waals surface area contributed by atoms with Gasteiger partial charge < -0.3 is 4.90 Å². The molecule has 73 heavy (non-hydrogen) atoms. The number of fused-ring (bicyclic) bond motifs is 8. The van der Waals surface area contributed by atoms with Gasteiger partial charge in [-0.05, 0) is 177 Å². The van der Waals surface area contributed by atoms with Gasteiger partial charge in [0.1, 0.15) is 0 Å². The van der Waals surface area contributed by atoms with Crippen molar-refractivity contribution in [1.29, 1.82) is 0 Å². The highest BCUT2D eigenvalue weighted by atomic mass is 15.1. The molecule has 0 aliphatic rings. The Morgan fingerprint density at radius 3 is 1.10 bits per heavy atom. The molecule has 0 N–H and O–H groups in total. The smallest absolute Gasteiger partial charge is 0.0540 e. The molecule has 14 aromatic rings. The van der Waals surface area contributed by atoms with Crippen molar-refractivity contribution in [3.8, 4) is 22.3 Å². The van der Waals surface area contributed by atoms with Gasteiger partial charge in [-0.3, -0.25) is 0 Å². The quantitative estimate of drug-likeness (QED) is 0.123. The Bertz CT molecular complexity index is 4280. The fourth-order valence-electron chi connectivity index (χ4n) is 13.1. The Hall–Kier alpha value is -8.00. The molecule has 14 aromatic carbocycles. The van der Waals surface area contributed by atoms with Crippen LogP contribution in [0.4, 0.5) is 17.1 Å². The van der Waals surface area contributed by atoms with Gasteiger partial charge >= 0.3 is 0 Å².